The number of carbonyl (C=O) groups excluding carboxylic acids is 1. The Balaban J connectivity index is 1.77. The average molecular weight is 348 g/mol. The number of aromatic nitrogens is 3. The Hall–Kier alpha value is -3.02. The quantitative estimate of drug-likeness (QED) is 0.726. The zero-order valence-electron chi connectivity index (χ0n) is 14.8. The number of pyridine rings is 1. The minimum atomic E-state index is -0.267. The van der Waals surface area contributed by atoms with Crippen LogP contribution < -0.4 is 0 Å². The maximum atomic E-state index is 13.4. The Kier molecular flexibility index (Phi) is 4.24. The Morgan fingerprint density at radius 1 is 1.23 bits per heavy atom. The fraction of sp³-hybridized carbons (Fsp3) is 0.300. The fourth-order valence-corrected chi connectivity index (χ4v) is 3.48. The van der Waals surface area contributed by atoms with Crippen LogP contribution >= 0.6 is 0 Å². The predicted molar refractivity (Wildman–Crippen MR) is 95.4 cm³/mol. The number of fused-ring (bicyclic) bond motifs is 1. The molecule has 4 rings (SSSR count). The molecule has 0 spiro atoms. The summed E-state index contributed by atoms with van der Waals surface area (Å²) in [5.41, 5.74) is 3.99. The van der Waals surface area contributed by atoms with Gasteiger partial charge in [0, 0.05) is 37.8 Å². The third-order valence-electron chi connectivity index (χ3n) is 4.85. The summed E-state index contributed by atoms with van der Waals surface area (Å²) in [5, 5.41) is 8.14. The molecule has 1 amide bonds. The summed E-state index contributed by atoms with van der Waals surface area (Å²) in [7, 11) is 0. The number of hydrogen-bond acceptors (Lipinski definition) is 5. The van der Waals surface area contributed by atoms with Crippen LogP contribution in [0.5, 0.6) is 0 Å². The summed E-state index contributed by atoms with van der Waals surface area (Å²) < 4.78 is 5.68. The van der Waals surface area contributed by atoms with Crippen molar-refractivity contribution in [2.45, 2.75) is 39.3 Å². The van der Waals surface area contributed by atoms with Crippen molar-refractivity contribution in [1.82, 2.24) is 20.1 Å². The first-order chi connectivity index (χ1) is 12.7. The molecule has 0 radical (unpaired) electrons. The molecular formula is C20H20N4O2. The number of hydrogen-bond donors (Lipinski definition) is 0. The lowest BCUT2D eigenvalue weighted by atomic mass is 9.92. The van der Waals surface area contributed by atoms with Crippen molar-refractivity contribution in [3.05, 3.63) is 76.8 Å². The van der Waals surface area contributed by atoms with Crippen LogP contribution in [0.1, 0.15) is 51.8 Å². The first kappa shape index (κ1) is 16.4. The van der Waals surface area contributed by atoms with Crippen LogP contribution in [0.15, 0.2) is 47.1 Å². The van der Waals surface area contributed by atoms with Gasteiger partial charge in [-0.2, -0.15) is 0 Å². The summed E-state index contributed by atoms with van der Waals surface area (Å²) in [6.45, 7) is 4.31. The molecule has 132 valence electrons. The summed E-state index contributed by atoms with van der Waals surface area (Å²) in [6.07, 6.45) is 4.84. The number of benzene rings is 1. The van der Waals surface area contributed by atoms with E-state index in [2.05, 4.69) is 27.3 Å². The number of carbonyl (C=O) groups is 1. The van der Waals surface area contributed by atoms with Gasteiger partial charge in [0.1, 0.15) is 6.04 Å². The molecule has 1 aromatic carbocycles. The van der Waals surface area contributed by atoms with Crippen LogP contribution in [-0.2, 0) is 19.4 Å². The Morgan fingerprint density at radius 3 is 2.77 bits per heavy atom. The fourth-order valence-electron chi connectivity index (χ4n) is 3.48. The van der Waals surface area contributed by atoms with Gasteiger partial charge >= 0.3 is 0 Å². The molecule has 1 unspecified atom stereocenters. The highest BCUT2D eigenvalue weighted by Crippen LogP contribution is 2.34. The van der Waals surface area contributed by atoms with E-state index in [0.29, 0.717) is 30.3 Å². The highest BCUT2D eigenvalue weighted by molar-refractivity contribution is 5.96. The molecule has 6 heteroatoms. The third-order valence-corrected chi connectivity index (χ3v) is 4.85. The van der Waals surface area contributed by atoms with Gasteiger partial charge in [-0.3, -0.25) is 9.78 Å². The molecule has 1 atom stereocenters. The molecular weight excluding hydrogens is 328 g/mol. The van der Waals surface area contributed by atoms with E-state index in [1.807, 2.05) is 24.0 Å². The number of aryl methyl sites for hydroxylation is 2. The third kappa shape index (κ3) is 2.87. The van der Waals surface area contributed by atoms with Crippen LogP contribution in [-0.4, -0.2) is 26.0 Å². The van der Waals surface area contributed by atoms with Gasteiger partial charge in [0.15, 0.2) is 0 Å². The zero-order valence-corrected chi connectivity index (χ0v) is 14.8. The Labute approximate surface area is 151 Å². The molecule has 0 fully saturated rings. The van der Waals surface area contributed by atoms with Crippen molar-refractivity contribution >= 4 is 5.91 Å². The van der Waals surface area contributed by atoms with E-state index in [1.165, 1.54) is 5.56 Å². The smallest absolute Gasteiger partial charge is 0.255 e. The molecule has 2 aromatic heterocycles. The number of nitrogens with zero attached hydrogens (tertiary/aromatic N) is 4. The highest BCUT2D eigenvalue weighted by atomic mass is 16.4. The highest BCUT2D eigenvalue weighted by Gasteiger charge is 2.35. The van der Waals surface area contributed by atoms with Crippen molar-refractivity contribution in [2.75, 3.05) is 0 Å². The molecule has 0 aliphatic carbocycles. The molecule has 3 aromatic rings. The van der Waals surface area contributed by atoms with Gasteiger partial charge in [-0.15, -0.1) is 10.2 Å². The maximum Gasteiger partial charge on any atom is 0.255 e. The van der Waals surface area contributed by atoms with E-state index in [9.17, 15) is 4.79 Å². The summed E-state index contributed by atoms with van der Waals surface area (Å²) >= 11 is 0. The van der Waals surface area contributed by atoms with Gasteiger partial charge < -0.3 is 9.32 Å². The molecule has 26 heavy (non-hydrogen) atoms. The van der Waals surface area contributed by atoms with Gasteiger partial charge in [-0.1, -0.05) is 31.2 Å². The lowest BCUT2D eigenvalue weighted by Gasteiger charge is -2.35. The van der Waals surface area contributed by atoms with Crippen LogP contribution in [0.2, 0.25) is 0 Å². The minimum Gasteiger partial charge on any atom is -0.423 e. The van der Waals surface area contributed by atoms with Crippen molar-refractivity contribution < 1.29 is 9.21 Å². The van der Waals surface area contributed by atoms with Crippen LogP contribution in [0.3, 0.4) is 0 Å². The number of amides is 1. The van der Waals surface area contributed by atoms with E-state index in [4.69, 9.17) is 4.42 Å². The lowest BCUT2D eigenvalue weighted by molar-refractivity contribution is 0.0601. The second-order valence-electron chi connectivity index (χ2n) is 6.47. The van der Waals surface area contributed by atoms with Crippen LogP contribution in [0, 0.1) is 6.92 Å². The maximum absolute atomic E-state index is 13.4. The summed E-state index contributed by atoms with van der Waals surface area (Å²) in [6, 6.07) is 9.71. The SMILES string of the molecule is CCc1cnccc1C(=O)N1Cc2ccccc2CC1c1nnc(C)o1. The van der Waals surface area contributed by atoms with E-state index in [0.717, 1.165) is 17.5 Å². The molecule has 0 bridgehead atoms. The summed E-state index contributed by atoms with van der Waals surface area (Å²) in [5.74, 6) is 0.960. The molecule has 0 N–H and O–H groups in total. The Bertz CT molecular complexity index is 950. The second kappa shape index (κ2) is 6.71. The van der Waals surface area contributed by atoms with Crippen molar-refractivity contribution in [3.63, 3.8) is 0 Å². The topological polar surface area (TPSA) is 72.1 Å². The van der Waals surface area contributed by atoms with E-state index >= 15 is 0 Å². The Morgan fingerprint density at radius 2 is 2.04 bits per heavy atom. The van der Waals surface area contributed by atoms with Crippen molar-refractivity contribution in [3.8, 4) is 0 Å². The minimum absolute atomic E-state index is 0.0281. The monoisotopic (exact) mass is 348 g/mol. The van der Waals surface area contributed by atoms with Crippen LogP contribution in [0.4, 0.5) is 0 Å². The van der Waals surface area contributed by atoms with E-state index in [-0.39, 0.29) is 11.9 Å². The normalized spacial score (nSPS) is 16.4. The molecule has 6 nitrogen and oxygen atoms in total. The van der Waals surface area contributed by atoms with Gasteiger partial charge in [-0.25, -0.2) is 0 Å². The van der Waals surface area contributed by atoms with Crippen LogP contribution in [0.25, 0.3) is 0 Å². The first-order valence-electron chi connectivity index (χ1n) is 8.78. The van der Waals surface area contributed by atoms with Gasteiger partial charge in [0.25, 0.3) is 5.91 Å². The second-order valence-corrected chi connectivity index (χ2v) is 6.47. The lowest BCUT2D eigenvalue weighted by Crippen LogP contribution is -2.39. The van der Waals surface area contributed by atoms with Crippen molar-refractivity contribution in [2.24, 2.45) is 0 Å². The molecule has 3 heterocycles. The van der Waals surface area contributed by atoms with E-state index in [1.54, 1.807) is 25.4 Å². The largest absolute Gasteiger partial charge is 0.423 e. The number of rotatable bonds is 3. The van der Waals surface area contributed by atoms with Gasteiger partial charge in [0.2, 0.25) is 11.8 Å². The van der Waals surface area contributed by atoms with Gasteiger partial charge in [-0.05, 0) is 29.2 Å². The zero-order chi connectivity index (χ0) is 18.1. The van der Waals surface area contributed by atoms with E-state index < -0.39 is 0 Å². The van der Waals surface area contributed by atoms with Crippen molar-refractivity contribution in [1.29, 1.82) is 0 Å². The average Bonchev–Trinajstić information content (AvgIpc) is 3.12. The standard InChI is InChI=1S/C20H20N4O2/c1-3-14-11-21-9-8-17(14)20(25)24-12-16-7-5-4-6-15(16)10-18(24)19-23-22-13(2)26-19/h4-9,11,18H,3,10,12H2,1-2H3. The molecule has 0 saturated heterocycles. The predicted octanol–water partition coefficient (Wildman–Crippen LogP) is 3.28. The molecule has 1 aliphatic heterocycles. The van der Waals surface area contributed by atoms with Gasteiger partial charge in [0.05, 0.1) is 0 Å². The molecule has 0 saturated carbocycles. The first-order valence-corrected chi connectivity index (χ1v) is 8.78. The summed E-state index contributed by atoms with van der Waals surface area (Å²) in [4.78, 5) is 19.4. The molecule has 1 aliphatic rings.